The molecule has 1 heterocycles. The van der Waals surface area contributed by atoms with Gasteiger partial charge in [-0.2, -0.15) is 0 Å². The van der Waals surface area contributed by atoms with Crippen molar-refractivity contribution in [2.75, 3.05) is 7.05 Å². The third-order valence-corrected chi connectivity index (χ3v) is 4.36. The molecule has 1 N–H and O–H groups in total. The Hall–Kier alpha value is -1.55. The summed E-state index contributed by atoms with van der Waals surface area (Å²) in [6.45, 7) is 0. The Morgan fingerprint density at radius 3 is 2.79 bits per heavy atom. The summed E-state index contributed by atoms with van der Waals surface area (Å²) in [4.78, 5) is 11.5. The fourth-order valence-electron chi connectivity index (χ4n) is 3.31. The van der Waals surface area contributed by atoms with Crippen LogP contribution in [0, 0.1) is 5.92 Å². The molecule has 19 heavy (non-hydrogen) atoms. The van der Waals surface area contributed by atoms with E-state index in [1.165, 1.54) is 31.2 Å². The molecule has 1 fully saturated rings. The predicted molar refractivity (Wildman–Crippen MR) is 75.2 cm³/mol. The first-order valence-electron chi connectivity index (χ1n) is 6.97. The number of aromatic nitrogens is 1. The Labute approximate surface area is 112 Å². The number of hydrogen-bond donors (Lipinski definition) is 1. The maximum absolute atomic E-state index is 11.5. The number of benzene rings is 1. The maximum Gasteiger partial charge on any atom is 0.419 e. The van der Waals surface area contributed by atoms with Crippen molar-refractivity contribution < 1.29 is 4.42 Å². The van der Waals surface area contributed by atoms with E-state index in [2.05, 4.69) is 11.4 Å². The molecule has 4 nitrogen and oxygen atoms in total. The fraction of sp³-hybridized carbons (Fsp3) is 0.533. The molecule has 1 unspecified atom stereocenters. The van der Waals surface area contributed by atoms with Crippen LogP contribution in [0.25, 0.3) is 11.1 Å². The summed E-state index contributed by atoms with van der Waals surface area (Å²) in [5, 5.41) is 3.42. The smallest absolute Gasteiger partial charge is 0.408 e. The van der Waals surface area contributed by atoms with E-state index in [0.29, 0.717) is 17.5 Å². The van der Waals surface area contributed by atoms with Crippen molar-refractivity contribution >= 4 is 11.1 Å². The van der Waals surface area contributed by atoms with Crippen LogP contribution in [0.15, 0.2) is 27.4 Å². The molecule has 0 saturated heterocycles. The zero-order valence-corrected chi connectivity index (χ0v) is 11.5. The fourth-order valence-corrected chi connectivity index (χ4v) is 3.31. The Bertz CT molecular complexity index is 635. The summed E-state index contributed by atoms with van der Waals surface area (Å²) in [6.07, 6.45) is 5.21. The van der Waals surface area contributed by atoms with Gasteiger partial charge in [-0.3, -0.25) is 4.57 Å². The topological polar surface area (TPSA) is 47.2 Å². The lowest BCUT2D eigenvalue weighted by Crippen LogP contribution is -2.23. The summed E-state index contributed by atoms with van der Waals surface area (Å²) < 4.78 is 6.82. The van der Waals surface area contributed by atoms with Gasteiger partial charge in [0, 0.05) is 13.1 Å². The second kappa shape index (κ2) is 4.85. The highest BCUT2D eigenvalue weighted by atomic mass is 16.4. The molecule has 1 aromatic carbocycles. The van der Waals surface area contributed by atoms with Gasteiger partial charge in [-0.25, -0.2) is 4.79 Å². The molecule has 4 heteroatoms. The molecule has 1 atom stereocenters. The first-order valence-corrected chi connectivity index (χ1v) is 6.97. The SMILES string of the molecule is CNC(c1ccc2c(c1)oc(=O)n2C)C1CCCC1. The third kappa shape index (κ3) is 2.10. The van der Waals surface area contributed by atoms with Crippen molar-refractivity contribution in [1.29, 1.82) is 0 Å². The average Bonchev–Trinajstić information content (AvgIpc) is 3.01. The first-order chi connectivity index (χ1) is 9.20. The quantitative estimate of drug-likeness (QED) is 0.922. The van der Waals surface area contributed by atoms with E-state index in [1.807, 2.05) is 19.2 Å². The number of oxazole rings is 1. The van der Waals surface area contributed by atoms with Crippen molar-refractivity contribution in [3.8, 4) is 0 Å². The minimum atomic E-state index is -0.297. The zero-order valence-electron chi connectivity index (χ0n) is 11.5. The van der Waals surface area contributed by atoms with Crippen LogP contribution < -0.4 is 11.1 Å². The number of fused-ring (bicyclic) bond motifs is 1. The lowest BCUT2D eigenvalue weighted by molar-refractivity contribution is 0.390. The molecular weight excluding hydrogens is 240 g/mol. The number of aryl methyl sites for hydroxylation is 1. The Morgan fingerprint density at radius 2 is 2.11 bits per heavy atom. The summed E-state index contributed by atoms with van der Waals surface area (Å²) in [5.41, 5.74) is 2.76. The second-order valence-electron chi connectivity index (χ2n) is 5.47. The second-order valence-corrected chi connectivity index (χ2v) is 5.47. The molecule has 0 aliphatic heterocycles. The third-order valence-electron chi connectivity index (χ3n) is 4.36. The standard InChI is InChI=1S/C15H20N2O2/c1-16-14(10-5-3-4-6-10)11-7-8-12-13(9-11)19-15(18)17(12)2/h7-10,14,16H,3-6H2,1-2H3. The predicted octanol–water partition coefficient (Wildman–Crippen LogP) is 2.58. The normalized spacial score (nSPS) is 18.2. The Morgan fingerprint density at radius 1 is 1.37 bits per heavy atom. The molecule has 0 radical (unpaired) electrons. The van der Waals surface area contributed by atoms with Crippen LogP contribution in [0.1, 0.15) is 37.3 Å². The van der Waals surface area contributed by atoms with Crippen molar-refractivity contribution in [2.24, 2.45) is 13.0 Å². The molecule has 1 aliphatic carbocycles. The molecule has 1 aromatic heterocycles. The van der Waals surface area contributed by atoms with Gasteiger partial charge in [0.25, 0.3) is 0 Å². The van der Waals surface area contributed by atoms with Gasteiger partial charge in [-0.1, -0.05) is 18.9 Å². The van der Waals surface area contributed by atoms with E-state index in [0.717, 1.165) is 5.52 Å². The van der Waals surface area contributed by atoms with Crippen LogP contribution in [0.3, 0.4) is 0 Å². The number of nitrogens with one attached hydrogen (secondary N) is 1. The molecule has 2 aromatic rings. The van der Waals surface area contributed by atoms with Crippen LogP contribution in [-0.2, 0) is 7.05 Å². The average molecular weight is 260 g/mol. The molecule has 0 bridgehead atoms. The summed E-state index contributed by atoms with van der Waals surface area (Å²) >= 11 is 0. The highest BCUT2D eigenvalue weighted by Gasteiger charge is 2.25. The molecule has 3 rings (SSSR count). The maximum atomic E-state index is 11.5. The van der Waals surface area contributed by atoms with Crippen LogP contribution in [-0.4, -0.2) is 11.6 Å². The van der Waals surface area contributed by atoms with Crippen molar-refractivity contribution in [1.82, 2.24) is 9.88 Å². The lowest BCUT2D eigenvalue weighted by atomic mass is 9.91. The van der Waals surface area contributed by atoms with Crippen LogP contribution >= 0.6 is 0 Å². The number of nitrogens with zero attached hydrogens (tertiary/aromatic N) is 1. The number of rotatable bonds is 3. The van der Waals surface area contributed by atoms with E-state index in [4.69, 9.17) is 4.42 Å². The van der Waals surface area contributed by atoms with Gasteiger partial charge >= 0.3 is 5.76 Å². The van der Waals surface area contributed by atoms with Crippen molar-refractivity contribution in [3.63, 3.8) is 0 Å². The highest BCUT2D eigenvalue weighted by Crippen LogP contribution is 2.36. The van der Waals surface area contributed by atoms with E-state index >= 15 is 0 Å². The van der Waals surface area contributed by atoms with Gasteiger partial charge < -0.3 is 9.73 Å². The highest BCUT2D eigenvalue weighted by molar-refractivity contribution is 5.73. The summed E-state index contributed by atoms with van der Waals surface area (Å²) in [6, 6.07) is 6.46. The molecule has 102 valence electrons. The van der Waals surface area contributed by atoms with Gasteiger partial charge in [0.05, 0.1) is 5.52 Å². The molecule has 0 amide bonds. The van der Waals surface area contributed by atoms with Crippen LogP contribution in [0.2, 0.25) is 0 Å². The van der Waals surface area contributed by atoms with Crippen LogP contribution in [0.4, 0.5) is 0 Å². The van der Waals surface area contributed by atoms with Gasteiger partial charge in [0.2, 0.25) is 0 Å². The van der Waals surface area contributed by atoms with Gasteiger partial charge in [0.1, 0.15) is 0 Å². The van der Waals surface area contributed by atoms with E-state index in [1.54, 1.807) is 11.6 Å². The minimum absolute atomic E-state index is 0.297. The number of hydrogen-bond acceptors (Lipinski definition) is 3. The molecule has 0 spiro atoms. The zero-order chi connectivity index (χ0) is 13.4. The van der Waals surface area contributed by atoms with Crippen molar-refractivity contribution in [3.05, 3.63) is 34.3 Å². The molecule has 1 saturated carbocycles. The monoisotopic (exact) mass is 260 g/mol. The van der Waals surface area contributed by atoms with Gasteiger partial charge in [0.15, 0.2) is 5.58 Å². The van der Waals surface area contributed by atoms with Crippen molar-refractivity contribution in [2.45, 2.75) is 31.7 Å². The lowest BCUT2D eigenvalue weighted by Gasteiger charge is -2.23. The van der Waals surface area contributed by atoms with E-state index < -0.39 is 0 Å². The molecular formula is C15H20N2O2. The Balaban J connectivity index is 2.01. The van der Waals surface area contributed by atoms with Gasteiger partial charge in [-0.15, -0.1) is 0 Å². The molecule has 1 aliphatic rings. The largest absolute Gasteiger partial charge is 0.419 e. The minimum Gasteiger partial charge on any atom is -0.408 e. The van der Waals surface area contributed by atoms with Gasteiger partial charge in [-0.05, 0) is 43.5 Å². The first kappa shape index (κ1) is 12.5. The summed E-state index contributed by atoms with van der Waals surface area (Å²) in [7, 11) is 3.74. The van der Waals surface area contributed by atoms with E-state index in [9.17, 15) is 4.79 Å². The Kier molecular flexibility index (Phi) is 3.19. The summed E-state index contributed by atoms with van der Waals surface area (Å²) in [5.74, 6) is 0.395. The van der Waals surface area contributed by atoms with Crippen LogP contribution in [0.5, 0.6) is 0 Å². The van der Waals surface area contributed by atoms with E-state index in [-0.39, 0.29) is 5.76 Å².